The first kappa shape index (κ1) is 16.2. The molecule has 1 aromatic heterocycles. The zero-order valence-corrected chi connectivity index (χ0v) is 14.7. The van der Waals surface area contributed by atoms with Gasteiger partial charge in [-0.05, 0) is 34.9 Å². The monoisotopic (exact) mass is 345 g/mol. The first-order valence-electron chi connectivity index (χ1n) is 8.55. The molecule has 4 nitrogen and oxygen atoms in total. The number of hydrogen-bond donors (Lipinski definition) is 1. The number of methoxy groups -OCH3 is 1. The molecule has 0 radical (unpaired) electrons. The Morgan fingerprint density at radius 2 is 1.81 bits per heavy atom. The van der Waals surface area contributed by atoms with Gasteiger partial charge in [-0.1, -0.05) is 48.5 Å². The van der Waals surface area contributed by atoms with Crippen LogP contribution in [0.4, 0.5) is 0 Å². The van der Waals surface area contributed by atoms with Crippen LogP contribution in [0.3, 0.4) is 0 Å². The second-order valence-corrected chi connectivity index (χ2v) is 6.17. The number of phenolic OH excluding ortho intramolecular Hbond substituents is 1. The molecule has 0 saturated carbocycles. The van der Waals surface area contributed by atoms with Crippen LogP contribution >= 0.6 is 0 Å². The fourth-order valence-electron chi connectivity index (χ4n) is 3.16. The quantitative estimate of drug-likeness (QED) is 0.535. The lowest BCUT2D eigenvalue weighted by molar-refractivity contribution is 0.401. The number of fused-ring (bicyclic) bond motifs is 1. The van der Waals surface area contributed by atoms with Crippen molar-refractivity contribution in [1.82, 2.24) is 5.16 Å². The van der Waals surface area contributed by atoms with E-state index in [-0.39, 0.29) is 5.75 Å². The average molecular weight is 345 g/mol. The predicted octanol–water partition coefficient (Wildman–Crippen LogP) is 5.44. The number of aromatic hydroxyl groups is 1. The Hall–Kier alpha value is -3.27. The van der Waals surface area contributed by atoms with Gasteiger partial charge in [0.1, 0.15) is 17.2 Å². The first-order chi connectivity index (χ1) is 12.7. The van der Waals surface area contributed by atoms with E-state index < -0.39 is 0 Å². The number of hydrogen-bond acceptors (Lipinski definition) is 4. The number of aromatic nitrogens is 1. The third-order valence-electron chi connectivity index (χ3n) is 4.60. The van der Waals surface area contributed by atoms with E-state index in [0.29, 0.717) is 17.1 Å². The minimum Gasteiger partial charge on any atom is -0.507 e. The maximum absolute atomic E-state index is 10.3. The highest BCUT2D eigenvalue weighted by molar-refractivity contribution is 5.87. The Kier molecular flexibility index (Phi) is 4.09. The summed E-state index contributed by atoms with van der Waals surface area (Å²) in [6.45, 7) is 2.04. The summed E-state index contributed by atoms with van der Waals surface area (Å²) >= 11 is 0. The number of aryl methyl sites for hydroxylation is 1. The summed E-state index contributed by atoms with van der Waals surface area (Å²) in [4.78, 5) is 0. The van der Waals surface area contributed by atoms with Gasteiger partial charge in [0.15, 0.2) is 5.76 Å². The van der Waals surface area contributed by atoms with E-state index in [1.165, 1.54) is 5.39 Å². The van der Waals surface area contributed by atoms with Gasteiger partial charge in [-0.15, -0.1) is 0 Å². The fourth-order valence-corrected chi connectivity index (χ4v) is 3.16. The van der Waals surface area contributed by atoms with Crippen LogP contribution in [0.1, 0.15) is 12.5 Å². The Morgan fingerprint density at radius 1 is 1.00 bits per heavy atom. The van der Waals surface area contributed by atoms with Gasteiger partial charge in [-0.3, -0.25) is 0 Å². The van der Waals surface area contributed by atoms with Gasteiger partial charge in [0, 0.05) is 17.7 Å². The van der Waals surface area contributed by atoms with Crippen LogP contribution in [0.15, 0.2) is 65.2 Å². The summed E-state index contributed by atoms with van der Waals surface area (Å²) in [7, 11) is 1.60. The second kappa shape index (κ2) is 6.56. The lowest BCUT2D eigenvalue weighted by Crippen LogP contribution is -1.91. The molecule has 4 aromatic rings. The molecule has 0 aliphatic heterocycles. The van der Waals surface area contributed by atoms with Crippen molar-refractivity contribution >= 4 is 10.8 Å². The Balaban J connectivity index is 1.76. The number of phenols is 1. The van der Waals surface area contributed by atoms with Crippen LogP contribution in [0, 0.1) is 0 Å². The highest BCUT2D eigenvalue weighted by Gasteiger charge is 2.15. The summed E-state index contributed by atoms with van der Waals surface area (Å²) in [6.07, 6.45) is 0.794. The minimum absolute atomic E-state index is 0.111. The Bertz CT molecular complexity index is 1080. The lowest BCUT2D eigenvalue weighted by Gasteiger charge is -2.09. The Labute approximate surface area is 151 Å². The van der Waals surface area contributed by atoms with E-state index in [9.17, 15) is 5.11 Å². The molecular formula is C22H19NO3. The van der Waals surface area contributed by atoms with Gasteiger partial charge in [0.05, 0.1) is 12.7 Å². The molecule has 0 unspecified atom stereocenters. The second-order valence-electron chi connectivity index (χ2n) is 6.17. The third-order valence-corrected chi connectivity index (χ3v) is 4.60. The van der Waals surface area contributed by atoms with Crippen molar-refractivity contribution in [3.8, 4) is 34.1 Å². The van der Waals surface area contributed by atoms with Crippen molar-refractivity contribution in [2.75, 3.05) is 7.11 Å². The highest BCUT2D eigenvalue weighted by Crippen LogP contribution is 2.37. The third kappa shape index (κ3) is 2.80. The fraction of sp³-hybridized carbons (Fsp3) is 0.136. The topological polar surface area (TPSA) is 55.5 Å². The molecule has 0 saturated heterocycles. The van der Waals surface area contributed by atoms with Gasteiger partial charge < -0.3 is 14.4 Å². The van der Waals surface area contributed by atoms with Gasteiger partial charge in [0.2, 0.25) is 0 Å². The van der Waals surface area contributed by atoms with Crippen LogP contribution in [-0.4, -0.2) is 17.4 Å². The molecule has 1 N–H and O–H groups in total. The van der Waals surface area contributed by atoms with Gasteiger partial charge in [-0.25, -0.2) is 0 Å². The molecule has 0 atom stereocenters. The molecule has 0 bridgehead atoms. The largest absolute Gasteiger partial charge is 0.507 e. The molecule has 26 heavy (non-hydrogen) atoms. The van der Waals surface area contributed by atoms with Crippen LogP contribution in [0.25, 0.3) is 33.4 Å². The molecule has 0 aliphatic carbocycles. The zero-order valence-electron chi connectivity index (χ0n) is 14.7. The predicted molar refractivity (Wildman–Crippen MR) is 102 cm³/mol. The molecule has 3 aromatic carbocycles. The van der Waals surface area contributed by atoms with Crippen molar-refractivity contribution in [1.29, 1.82) is 0 Å². The van der Waals surface area contributed by atoms with E-state index in [2.05, 4.69) is 29.4 Å². The molecule has 4 heteroatoms. The van der Waals surface area contributed by atoms with E-state index in [0.717, 1.165) is 28.6 Å². The molecule has 0 amide bonds. The summed E-state index contributed by atoms with van der Waals surface area (Å²) in [5, 5.41) is 16.9. The lowest BCUT2D eigenvalue weighted by atomic mass is 10.0. The van der Waals surface area contributed by atoms with E-state index in [4.69, 9.17) is 9.26 Å². The van der Waals surface area contributed by atoms with Crippen LogP contribution in [0.5, 0.6) is 11.5 Å². The normalized spacial score (nSPS) is 11.0. The van der Waals surface area contributed by atoms with Crippen LogP contribution < -0.4 is 4.74 Å². The van der Waals surface area contributed by atoms with Crippen LogP contribution in [0.2, 0.25) is 0 Å². The Morgan fingerprint density at radius 3 is 2.58 bits per heavy atom. The minimum atomic E-state index is 0.111. The van der Waals surface area contributed by atoms with Gasteiger partial charge in [-0.2, -0.15) is 0 Å². The number of rotatable bonds is 4. The number of nitrogens with zero attached hydrogens (tertiary/aromatic N) is 1. The zero-order chi connectivity index (χ0) is 18.1. The van der Waals surface area contributed by atoms with Crippen molar-refractivity contribution in [2.45, 2.75) is 13.3 Å². The summed E-state index contributed by atoms with van der Waals surface area (Å²) < 4.78 is 10.8. The first-order valence-corrected chi connectivity index (χ1v) is 8.55. The number of benzene rings is 3. The van der Waals surface area contributed by atoms with Crippen molar-refractivity contribution in [2.24, 2.45) is 0 Å². The highest BCUT2D eigenvalue weighted by atomic mass is 16.5. The molecular weight excluding hydrogens is 326 g/mol. The van der Waals surface area contributed by atoms with E-state index in [1.807, 2.05) is 37.3 Å². The molecule has 0 fully saturated rings. The standard InChI is InChI=1S/C22H19NO3/c1-3-14-11-18(20(24)13-21(14)25-2)22-12-19(23-26-22)17-9-8-15-6-4-5-7-16(15)10-17/h4-13,24H,3H2,1-2H3. The van der Waals surface area contributed by atoms with Crippen molar-refractivity contribution in [3.05, 3.63) is 66.2 Å². The molecule has 130 valence electrons. The molecule has 4 rings (SSSR count). The maximum atomic E-state index is 10.3. The van der Waals surface area contributed by atoms with Gasteiger partial charge in [0.25, 0.3) is 0 Å². The average Bonchev–Trinajstić information content (AvgIpc) is 3.17. The SMILES string of the molecule is CCc1cc(-c2cc(-c3ccc4ccccc4c3)no2)c(O)cc1OC. The van der Waals surface area contributed by atoms with E-state index in [1.54, 1.807) is 13.2 Å². The van der Waals surface area contributed by atoms with Crippen molar-refractivity contribution in [3.63, 3.8) is 0 Å². The smallest absolute Gasteiger partial charge is 0.171 e. The van der Waals surface area contributed by atoms with Gasteiger partial charge >= 0.3 is 0 Å². The summed E-state index contributed by atoms with van der Waals surface area (Å²) in [6, 6.07) is 19.7. The molecule has 1 heterocycles. The maximum Gasteiger partial charge on any atom is 0.171 e. The molecule has 0 spiro atoms. The molecule has 0 aliphatic rings. The van der Waals surface area contributed by atoms with Crippen molar-refractivity contribution < 1.29 is 14.4 Å². The summed E-state index contributed by atoms with van der Waals surface area (Å²) in [5.74, 6) is 1.31. The van der Waals surface area contributed by atoms with Crippen LogP contribution in [-0.2, 0) is 6.42 Å². The number of ether oxygens (including phenoxy) is 1. The van der Waals surface area contributed by atoms with E-state index >= 15 is 0 Å². The summed E-state index contributed by atoms with van der Waals surface area (Å²) in [5.41, 5.74) is 3.33.